The van der Waals surface area contributed by atoms with Crippen LogP contribution in [0.25, 0.3) is 0 Å². The zero-order valence-corrected chi connectivity index (χ0v) is 9.57. The predicted octanol–water partition coefficient (Wildman–Crippen LogP) is 1.50. The molecule has 2 rings (SSSR count). The van der Waals surface area contributed by atoms with E-state index in [1.54, 1.807) is 12.1 Å². The molecule has 1 aliphatic rings. The van der Waals surface area contributed by atoms with E-state index in [0.29, 0.717) is 5.56 Å². The third-order valence-electron chi connectivity index (χ3n) is 3.42. The van der Waals surface area contributed by atoms with Crippen LogP contribution in [0.1, 0.15) is 36.6 Å². The maximum Gasteiger partial charge on any atom is 0.0991 e. The highest BCUT2D eigenvalue weighted by molar-refractivity contribution is 5.42. The highest BCUT2D eigenvalue weighted by Crippen LogP contribution is 2.39. The Kier molecular flexibility index (Phi) is 2.49. The van der Waals surface area contributed by atoms with Crippen molar-refractivity contribution in [3.63, 3.8) is 0 Å². The van der Waals surface area contributed by atoms with Crippen molar-refractivity contribution in [3.8, 4) is 6.07 Å². The number of nitriles is 1. The fraction of sp³-hybridized carbons (Fsp3) is 0.462. The molecule has 0 heterocycles. The molecule has 0 radical (unpaired) electrons. The van der Waals surface area contributed by atoms with Crippen molar-refractivity contribution in [3.05, 3.63) is 34.9 Å². The van der Waals surface area contributed by atoms with Gasteiger partial charge in [0.15, 0.2) is 0 Å². The Morgan fingerprint density at radius 3 is 2.81 bits per heavy atom. The van der Waals surface area contributed by atoms with Crippen LogP contribution in [0.15, 0.2) is 18.2 Å². The number of aliphatic hydroxyl groups excluding tert-OH is 1. The number of nitrogens with two attached hydrogens (primary N) is 1. The molecular formula is C13H16N2O. The van der Waals surface area contributed by atoms with Gasteiger partial charge in [-0.2, -0.15) is 5.26 Å². The first-order chi connectivity index (χ1) is 7.45. The van der Waals surface area contributed by atoms with Gasteiger partial charge < -0.3 is 10.8 Å². The van der Waals surface area contributed by atoms with Gasteiger partial charge in [0.25, 0.3) is 0 Å². The largest absolute Gasteiger partial charge is 0.391 e. The second-order valence-electron chi connectivity index (χ2n) is 5.16. The highest BCUT2D eigenvalue weighted by atomic mass is 16.3. The zero-order valence-electron chi connectivity index (χ0n) is 9.57. The molecule has 1 aliphatic carbocycles. The van der Waals surface area contributed by atoms with Crippen LogP contribution in [0.4, 0.5) is 0 Å². The Morgan fingerprint density at radius 2 is 2.19 bits per heavy atom. The second kappa shape index (κ2) is 3.58. The summed E-state index contributed by atoms with van der Waals surface area (Å²) in [5.41, 5.74) is 8.47. The first-order valence-corrected chi connectivity index (χ1v) is 5.42. The maximum atomic E-state index is 10.1. The SMILES string of the molecule is CC1(C)Cc2ccc(C#N)cc2C(N)C1O. The number of fused-ring (bicyclic) bond motifs is 1. The smallest absolute Gasteiger partial charge is 0.0991 e. The van der Waals surface area contributed by atoms with Crippen LogP contribution >= 0.6 is 0 Å². The van der Waals surface area contributed by atoms with Crippen molar-refractivity contribution in [1.29, 1.82) is 5.26 Å². The average Bonchev–Trinajstić information content (AvgIpc) is 2.25. The second-order valence-corrected chi connectivity index (χ2v) is 5.16. The van der Waals surface area contributed by atoms with E-state index in [1.807, 2.05) is 19.9 Å². The van der Waals surface area contributed by atoms with Gasteiger partial charge in [0.2, 0.25) is 0 Å². The van der Waals surface area contributed by atoms with Gasteiger partial charge in [-0.3, -0.25) is 0 Å². The van der Waals surface area contributed by atoms with Crippen molar-refractivity contribution in [2.45, 2.75) is 32.4 Å². The molecule has 16 heavy (non-hydrogen) atoms. The molecule has 1 aromatic carbocycles. The molecule has 0 saturated carbocycles. The van der Waals surface area contributed by atoms with E-state index in [1.165, 1.54) is 0 Å². The summed E-state index contributed by atoms with van der Waals surface area (Å²) in [4.78, 5) is 0. The molecule has 0 fully saturated rings. The summed E-state index contributed by atoms with van der Waals surface area (Å²) in [6.45, 7) is 4.03. The van der Waals surface area contributed by atoms with Gasteiger partial charge in [0.05, 0.1) is 23.8 Å². The average molecular weight is 216 g/mol. The first kappa shape index (κ1) is 11.1. The van der Waals surface area contributed by atoms with Crippen molar-refractivity contribution < 1.29 is 5.11 Å². The lowest BCUT2D eigenvalue weighted by atomic mass is 9.70. The number of hydrogen-bond donors (Lipinski definition) is 2. The molecule has 3 nitrogen and oxygen atoms in total. The van der Waals surface area contributed by atoms with E-state index >= 15 is 0 Å². The maximum absolute atomic E-state index is 10.1. The summed E-state index contributed by atoms with van der Waals surface area (Å²) in [5, 5.41) is 18.9. The monoisotopic (exact) mass is 216 g/mol. The molecule has 0 spiro atoms. The predicted molar refractivity (Wildman–Crippen MR) is 61.6 cm³/mol. The topological polar surface area (TPSA) is 70.0 Å². The molecule has 2 unspecified atom stereocenters. The van der Waals surface area contributed by atoms with Gasteiger partial charge in [-0.05, 0) is 35.1 Å². The Labute approximate surface area is 95.5 Å². The number of nitrogens with zero attached hydrogens (tertiary/aromatic N) is 1. The molecule has 84 valence electrons. The summed E-state index contributed by atoms with van der Waals surface area (Å²) in [7, 11) is 0. The van der Waals surface area contributed by atoms with Gasteiger partial charge >= 0.3 is 0 Å². The molecule has 2 atom stereocenters. The van der Waals surface area contributed by atoms with Gasteiger partial charge in [-0.25, -0.2) is 0 Å². The van der Waals surface area contributed by atoms with E-state index < -0.39 is 12.1 Å². The van der Waals surface area contributed by atoms with Crippen LogP contribution in [-0.4, -0.2) is 11.2 Å². The van der Waals surface area contributed by atoms with E-state index in [9.17, 15) is 5.11 Å². The molecule has 3 heteroatoms. The minimum absolute atomic E-state index is 0.208. The fourth-order valence-corrected chi connectivity index (χ4v) is 2.39. The Morgan fingerprint density at radius 1 is 1.50 bits per heavy atom. The summed E-state index contributed by atoms with van der Waals surface area (Å²) in [5.74, 6) is 0. The molecule has 0 amide bonds. The highest BCUT2D eigenvalue weighted by Gasteiger charge is 2.39. The van der Waals surface area contributed by atoms with Gasteiger partial charge in [0.1, 0.15) is 0 Å². The van der Waals surface area contributed by atoms with Crippen LogP contribution in [0, 0.1) is 16.7 Å². The Balaban J connectivity index is 2.52. The van der Waals surface area contributed by atoms with Crippen molar-refractivity contribution in [2.75, 3.05) is 0 Å². The Hall–Kier alpha value is -1.37. The van der Waals surface area contributed by atoms with Crippen molar-refractivity contribution in [1.82, 2.24) is 0 Å². The Bertz CT molecular complexity index is 459. The van der Waals surface area contributed by atoms with E-state index in [0.717, 1.165) is 17.5 Å². The number of benzene rings is 1. The molecular weight excluding hydrogens is 200 g/mol. The number of rotatable bonds is 0. The minimum Gasteiger partial charge on any atom is -0.391 e. The normalized spacial score (nSPS) is 26.9. The van der Waals surface area contributed by atoms with E-state index in [-0.39, 0.29) is 5.41 Å². The van der Waals surface area contributed by atoms with Crippen LogP contribution in [0.5, 0.6) is 0 Å². The standard InChI is InChI=1S/C13H16N2O/c1-13(2)6-9-4-3-8(7-14)5-10(9)11(15)12(13)16/h3-5,11-12,16H,6,15H2,1-2H3. The van der Waals surface area contributed by atoms with Crippen LogP contribution < -0.4 is 5.73 Å². The third kappa shape index (κ3) is 1.60. The third-order valence-corrected chi connectivity index (χ3v) is 3.42. The van der Waals surface area contributed by atoms with E-state index in [2.05, 4.69) is 6.07 Å². The summed E-state index contributed by atoms with van der Waals surface area (Å²) < 4.78 is 0. The lowest BCUT2D eigenvalue weighted by Gasteiger charge is -2.40. The molecule has 0 bridgehead atoms. The summed E-state index contributed by atoms with van der Waals surface area (Å²) in [6, 6.07) is 7.24. The number of aliphatic hydroxyl groups is 1. The van der Waals surface area contributed by atoms with Crippen LogP contribution in [0.3, 0.4) is 0 Å². The molecule has 0 aromatic heterocycles. The fourth-order valence-electron chi connectivity index (χ4n) is 2.39. The lowest BCUT2D eigenvalue weighted by molar-refractivity contribution is 0.0192. The van der Waals surface area contributed by atoms with Crippen molar-refractivity contribution >= 4 is 0 Å². The zero-order chi connectivity index (χ0) is 11.9. The summed E-state index contributed by atoms with van der Waals surface area (Å²) >= 11 is 0. The van der Waals surface area contributed by atoms with Gasteiger partial charge in [0, 0.05) is 0 Å². The number of hydrogen-bond acceptors (Lipinski definition) is 3. The van der Waals surface area contributed by atoms with Crippen LogP contribution in [0.2, 0.25) is 0 Å². The van der Waals surface area contributed by atoms with E-state index in [4.69, 9.17) is 11.0 Å². The molecule has 3 N–H and O–H groups in total. The molecule has 0 aliphatic heterocycles. The summed E-state index contributed by atoms with van der Waals surface area (Å²) in [6.07, 6.45) is 0.233. The van der Waals surface area contributed by atoms with Gasteiger partial charge in [-0.15, -0.1) is 0 Å². The lowest BCUT2D eigenvalue weighted by Crippen LogP contribution is -2.44. The minimum atomic E-state index is -0.561. The first-order valence-electron chi connectivity index (χ1n) is 5.42. The molecule has 0 saturated heterocycles. The molecule has 1 aromatic rings. The quantitative estimate of drug-likeness (QED) is 0.690. The van der Waals surface area contributed by atoms with Crippen LogP contribution in [-0.2, 0) is 6.42 Å². The van der Waals surface area contributed by atoms with Crippen molar-refractivity contribution in [2.24, 2.45) is 11.1 Å². The van der Waals surface area contributed by atoms with Gasteiger partial charge in [-0.1, -0.05) is 19.9 Å².